The van der Waals surface area contributed by atoms with Crippen molar-refractivity contribution >= 4 is 15.9 Å². The van der Waals surface area contributed by atoms with Gasteiger partial charge in [-0.1, -0.05) is 0 Å². The van der Waals surface area contributed by atoms with E-state index >= 15 is 0 Å². The van der Waals surface area contributed by atoms with E-state index in [-0.39, 0.29) is 0 Å². The van der Waals surface area contributed by atoms with Gasteiger partial charge in [-0.3, -0.25) is 4.98 Å². The average Bonchev–Trinajstić information content (AvgIpc) is 2.38. The van der Waals surface area contributed by atoms with Crippen molar-refractivity contribution in [1.82, 2.24) is 4.98 Å². The molecule has 2 nitrogen and oxygen atoms in total. The summed E-state index contributed by atoms with van der Waals surface area (Å²) in [5, 5.41) is 11.3. The van der Waals surface area contributed by atoms with Gasteiger partial charge in [0, 0.05) is 22.8 Å². The van der Waals surface area contributed by atoms with Crippen molar-refractivity contribution in [3.05, 3.63) is 28.5 Å². The summed E-state index contributed by atoms with van der Waals surface area (Å²) >= 11 is 3.42. The Morgan fingerprint density at radius 3 is 2.26 bits per heavy atom. The van der Waals surface area contributed by atoms with Crippen LogP contribution in [-0.2, 0) is 6.42 Å². The molecule has 0 aliphatic heterocycles. The third-order valence-electron chi connectivity index (χ3n) is 5.80. The second-order valence-corrected chi connectivity index (χ2v) is 7.86. The van der Waals surface area contributed by atoms with E-state index < -0.39 is 5.60 Å². The van der Waals surface area contributed by atoms with Gasteiger partial charge < -0.3 is 5.11 Å². The lowest BCUT2D eigenvalue weighted by Crippen LogP contribution is -2.58. The highest BCUT2D eigenvalue weighted by atomic mass is 79.9. The maximum Gasteiger partial charge on any atom is 0.0759 e. The van der Waals surface area contributed by atoms with E-state index in [1.807, 2.05) is 18.3 Å². The Hall–Kier alpha value is -0.410. The minimum Gasteiger partial charge on any atom is -0.389 e. The highest BCUT2D eigenvalue weighted by molar-refractivity contribution is 9.10. The van der Waals surface area contributed by atoms with Gasteiger partial charge in [-0.25, -0.2) is 0 Å². The molecule has 1 heterocycles. The van der Waals surface area contributed by atoms with Crippen LogP contribution < -0.4 is 0 Å². The van der Waals surface area contributed by atoms with Gasteiger partial charge in [0.2, 0.25) is 0 Å². The molecule has 4 aliphatic carbocycles. The Balaban J connectivity index is 1.61. The van der Waals surface area contributed by atoms with E-state index in [9.17, 15) is 5.11 Å². The smallest absolute Gasteiger partial charge is 0.0759 e. The van der Waals surface area contributed by atoms with Crippen LogP contribution in [-0.4, -0.2) is 15.7 Å². The predicted molar refractivity (Wildman–Crippen MR) is 77.6 cm³/mol. The van der Waals surface area contributed by atoms with E-state index in [0.717, 1.165) is 28.4 Å². The third-order valence-corrected chi connectivity index (χ3v) is 6.27. The number of hydrogen-bond donors (Lipinski definition) is 1. The molecule has 5 rings (SSSR count). The number of aliphatic hydroxyl groups is 1. The van der Waals surface area contributed by atoms with E-state index in [4.69, 9.17) is 0 Å². The summed E-state index contributed by atoms with van der Waals surface area (Å²) < 4.78 is 1.01. The quantitative estimate of drug-likeness (QED) is 0.903. The van der Waals surface area contributed by atoms with Crippen molar-refractivity contribution < 1.29 is 5.11 Å². The van der Waals surface area contributed by atoms with E-state index in [0.29, 0.717) is 11.8 Å². The van der Waals surface area contributed by atoms with Crippen molar-refractivity contribution in [2.24, 2.45) is 23.7 Å². The molecule has 4 fully saturated rings. The van der Waals surface area contributed by atoms with Gasteiger partial charge in [-0.15, -0.1) is 0 Å². The fourth-order valence-electron chi connectivity index (χ4n) is 5.09. The number of pyridine rings is 1. The highest BCUT2D eigenvalue weighted by Gasteiger charge is 2.56. The van der Waals surface area contributed by atoms with Crippen molar-refractivity contribution in [1.29, 1.82) is 0 Å². The minimum atomic E-state index is -0.478. The maximum atomic E-state index is 11.3. The Labute approximate surface area is 122 Å². The lowest BCUT2D eigenvalue weighted by Gasteiger charge is -2.59. The summed E-state index contributed by atoms with van der Waals surface area (Å²) in [7, 11) is 0. The molecule has 19 heavy (non-hydrogen) atoms. The Kier molecular flexibility index (Phi) is 2.79. The fourth-order valence-corrected chi connectivity index (χ4v) is 5.32. The molecule has 3 heteroatoms. The lowest BCUT2D eigenvalue weighted by atomic mass is 9.49. The van der Waals surface area contributed by atoms with Crippen LogP contribution in [0.3, 0.4) is 0 Å². The van der Waals surface area contributed by atoms with Crippen molar-refractivity contribution in [3.8, 4) is 0 Å². The molecule has 0 atom stereocenters. The first kappa shape index (κ1) is 12.3. The van der Waals surface area contributed by atoms with Crippen molar-refractivity contribution in [2.45, 2.75) is 44.1 Å². The summed E-state index contributed by atoms with van der Waals surface area (Å²) in [4.78, 5) is 4.47. The predicted octanol–water partition coefficient (Wildman–Crippen LogP) is 3.57. The van der Waals surface area contributed by atoms with Gasteiger partial charge in [0.05, 0.1) is 5.60 Å². The maximum absolute atomic E-state index is 11.3. The first-order valence-electron chi connectivity index (χ1n) is 7.46. The Morgan fingerprint density at radius 2 is 1.74 bits per heavy atom. The molecule has 1 N–H and O–H groups in total. The molecule has 4 aliphatic rings. The normalized spacial score (nSPS) is 43.7. The zero-order valence-electron chi connectivity index (χ0n) is 11.1. The van der Waals surface area contributed by atoms with Crippen molar-refractivity contribution in [2.75, 3.05) is 0 Å². The van der Waals surface area contributed by atoms with E-state index in [1.54, 1.807) is 0 Å². The second-order valence-electron chi connectivity index (χ2n) is 6.94. The molecule has 1 aromatic rings. The minimum absolute atomic E-state index is 0.478. The van der Waals surface area contributed by atoms with Crippen LogP contribution >= 0.6 is 15.9 Å². The van der Waals surface area contributed by atoms with Crippen LogP contribution in [0.1, 0.15) is 37.8 Å². The summed E-state index contributed by atoms with van der Waals surface area (Å²) in [5.74, 6) is 2.85. The molecule has 0 unspecified atom stereocenters. The van der Waals surface area contributed by atoms with Crippen LogP contribution in [0.15, 0.2) is 22.8 Å². The molecule has 0 saturated heterocycles. The Morgan fingerprint density at radius 1 is 1.11 bits per heavy atom. The van der Waals surface area contributed by atoms with E-state index in [2.05, 4.69) is 20.9 Å². The number of halogens is 1. The molecule has 0 amide bonds. The molecule has 4 saturated carbocycles. The van der Waals surface area contributed by atoms with Crippen LogP contribution in [0.2, 0.25) is 0 Å². The zero-order chi connectivity index (χ0) is 13.0. The summed E-state index contributed by atoms with van der Waals surface area (Å²) in [6, 6.07) is 4.08. The number of rotatable bonds is 2. The second kappa shape index (κ2) is 4.29. The van der Waals surface area contributed by atoms with Gasteiger partial charge in [0.15, 0.2) is 0 Å². The van der Waals surface area contributed by atoms with E-state index in [1.165, 1.54) is 32.1 Å². The fraction of sp³-hybridized carbons (Fsp3) is 0.688. The molecule has 4 bridgehead atoms. The third kappa shape index (κ3) is 1.97. The molecular weight excluding hydrogens is 302 g/mol. The Bertz CT molecular complexity index is 456. The standard InChI is InChI=1S/C16H20BrNO/c17-14-1-2-15(18-9-14)8-16(19)12-4-10-3-11(6-12)7-13(16)5-10/h1-2,9-13,19H,3-8H2. The van der Waals surface area contributed by atoms with Crippen LogP contribution in [0.25, 0.3) is 0 Å². The first-order chi connectivity index (χ1) is 9.13. The van der Waals surface area contributed by atoms with Gasteiger partial charge >= 0.3 is 0 Å². The molecular formula is C16H20BrNO. The number of aromatic nitrogens is 1. The molecule has 1 aromatic heterocycles. The van der Waals surface area contributed by atoms with Gasteiger partial charge in [0.25, 0.3) is 0 Å². The lowest BCUT2D eigenvalue weighted by molar-refractivity contribution is -0.172. The monoisotopic (exact) mass is 321 g/mol. The zero-order valence-corrected chi connectivity index (χ0v) is 12.6. The van der Waals surface area contributed by atoms with Gasteiger partial charge in [-0.2, -0.15) is 0 Å². The molecule has 0 radical (unpaired) electrons. The van der Waals surface area contributed by atoms with Gasteiger partial charge in [0.1, 0.15) is 0 Å². The van der Waals surface area contributed by atoms with Crippen LogP contribution in [0, 0.1) is 23.7 Å². The molecule has 0 spiro atoms. The van der Waals surface area contributed by atoms with Crippen LogP contribution in [0.4, 0.5) is 0 Å². The summed E-state index contributed by atoms with van der Waals surface area (Å²) in [5.41, 5.74) is 0.562. The van der Waals surface area contributed by atoms with Crippen LogP contribution in [0.5, 0.6) is 0 Å². The van der Waals surface area contributed by atoms with Crippen molar-refractivity contribution in [3.63, 3.8) is 0 Å². The first-order valence-corrected chi connectivity index (χ1v) is 8.25. The van der Waals surface area contributed by atoms with Gasteiger partial charge in [-0.05, 0) is 83.8 Å². The topological polar surface area (TPSA) is 33.1 Å². The number of hydrogen-bond acceptors (Lipinski definition) is 2. The highest BCUT2D eigenvalue weighted by Crippen LogP contribution is 2.58. The molecule has 102 valence electrons. The molecule has 0 aromatic carbocycles. The summed E-state index contributed by atoms with van der Waals surface area (Å²) in [6.45, 7) is 0. The number of nitrogens with zero attached hydrogens (tertiary/aromatic N) is 1. The average molecular weight is 322 g/mol. The SMILES string of the molecule is OC1(Cc2ccc(Br)cn2)C2CC3CC(C2)CC1C3. The summed E-state index contributed by atoms with van der Waals surface area (Å²) in [6.07, 6.45) is 9.02. The largest absolute Gasteiger partial charge is 0.389 e.